The van der Waals surface area contributed by atoms with Crippen LogP contribution >= 0.6 is 0 Å². The number of rotatable bonds is 4. The van der Waals surface area contributed by atoms with Gasteiger partial charge in [0, 0.05) is 36.4 Å². The van der Waals surface area contributed by atoms with Crippen LogP contribution in [0.25, 0.3) is 10.9 Å². The molecule has 1 heterocycles. The summed E-state index contributed by atoms with van der Waals surface area (Å²) in [6, 6.07) is 16.4. The molecule has 3 rings (SSSR count). The van der Waals surface area contributed by atoms with Crippen LogP contribution in [0.3, 0.4) is 0 Å². The van der Waals surface area contributed by atoms with Gasteiger partial charge in [-0.05, 0) is 42.3 Å². The van der Waals surface area contributed by atoms with Crippen molar-refractivity contribution >= 4 is 28.4 Å². The largest absolute Gasteiger partial charge is 0.345 e. The fraction of sp³-hybridized carbons (Fsp3) is 0.227. The highest BCUT2D eigenvalue weighted by Gasteiger charge is 2.15. The quantitative estimate of drug-likeness (QED) is 0.753. The third-order valence-corrected chi connectivity index (χ3v) is 4.37. The lowest BCUT2D eigenvalue weighted by Crippen LogP contribution is -2.21. The van der Waals surface area contributed by atoms with Crippen molar-refractivity contribution in [2.45, 2.75) is 19.8 Å². The van der Waals surface area contributed by atoms with Crippen LogP contribution < -0.4 is 5.32 Å². The van der Waals surface area contributed by atoms with E-state index >= 15 is 0 Å². The SMILES string of the molecule is CC(C)c1cc(C(=O)Nc2ccc(C(=O)N(C)C)cc2)c2ccccc2n1. The van der Waals surface area contributed by atoms with Crippen molar-refractivity contribution in [3.05, 3.63) is 71.4 Å². The molecule has 5 nitrogen and oxygen atoms in total. The average molecular weight is 361 g/mol. The summed E-state index contributed by atoms with van der Waals surface area (Å²) in [7, 11) is 3.41. The smallest absolute Gasteiger partial charge is 0.256 e. The van der Waals surface area contributed by atoms with Crippen LogP contribution in [0.1, 0.15) is 46.2 Å². The first-order chi connectivity index (χ1) is 12.9. The van der Waals surface area contributed by atoms with Crippen LogP contribution in [-0.4, -0.2) is 35.8 Å². The normalized spacial score (nSPS) is 10.9. The summed E-state index contributed by atoms with van der Waals surface area (Å²) >= 11 is 0. The van der Waals surface area contributed by atoms with Gasteiger partial charge in [-0.3, -0.25) is 14.6 Å². The molecule has 0 fully saturated rings. The third kappa shape index (κ3) is 3.97. The molecule has 2 amide bonds. The predicted molar refractivity (Wildman–Crippen MR) is 108 cm³/mol. The van der Waals surface area contributed by atoms with Crippen molar-refractivity contribution in [2.75, 3.05) is 19.4 Å². The average Bonchev–Trinajstić information content (AvgIpc) is 2.66. The maximum absolute atomic E-state index is 12.9. The molecule has 0 aliphatic carbocycles. The number of carbonyl (C=O) groups is 2. The van der Waals surface area contributed by atoms with E-state index in [0.717, 1.165) is 16.6 Å². The number of fused-ring (bicyclic) bond motifs is 1. The summed E-state index contributed by atoms with van der Waals surface area (Å²) in [5, 5.41) is 3.74. The van der Waals surface area contributed by atoms with Crippen LogP contribution in [0.2, 0.25) is 0 Å². The van der Waals surface area contributed by atoms with Crippen LogP contribution in [-0.2, 0) is 0 Å². The first-order valence-corrected chi connectivity index (χ1v) is 8.89. The molecule has 0 saturated heterocycles. The van der Waals surface area contributed by atoms with E-state index in [1.807, 2.05) is 30.3 Å². The van der Waals surface area contributed by atoms with E-state index in [4.69, 9.17) is 0 Å². The minimum Gasteiger partial charge on any atom is -0.345 e. The Labute approximate surface area is 159 Å². The van der Waals surface area contributed by atoms with Gasteiger partial charge in [0.15, 0.2) is 0 Å². The minimum atomic E-state index is -0.192. The summed E-state index contributed by atoms with van der Waals surface area (Å²) in [6.45, 7) is 4.11. The zero-order valence-electron chi connectivity index (χ0n) is 16.0. The molecule has 2 aromatic carbocycles. The van der Waals surface area contributed by atoms with Gasteiger partial charge in [0.1, 0.15) is 0 Å². The Morgan fingerprint density at radius 3 is 2.30 bits per heavy atom. The molecular weight excluding hydrogens is 338 g/mol. The molecule has 138 valence electrons. The van der Waals surface area contributed by atoms with Crippen LogP contribution in [0, 0.1) is 0 Å². The molecular formula is C22H23N3O2. The Kier molecular flexibility index (Phi) is 5.21. The highest BCUT2D eigenvalue weighted by Crippen LogP contribution is 2.23. The van der Waals surface area contributed by atoms with E-state index in [2.05, 4.69) is 24.1 Å². The second-order valence-corrected chi connectivity index (χ2v) is 7.00. The molecule has 0 bridgehead atoms. The van der Waals surface area contributed by atoms with Gasteiger partial charge in [0.2, 0.25) is 0 Å². The lowest BCUT2D eigenvalue weighted by atomic mass is 10.0. The van der Waals surface area contributed by atoms with Crippen molar-refractivity contribution < 1.29 is 9.59 Å². The molecule has 0 saturated carbocycles. The van der Waals surface area contributed by atoms with E-state index in [0.29, 0.717) is 16.8 Å². The number of amides is 2. The fourth-order valence-corrected chi connectivity index (χ4v) is 2.83. The topological polar surface area (TPSA) is 62.3 Å². The number of pyridine rings is 1. The highest BCUT2D eigenvalue weighted by molar-refractivity contribution is 6.12. The summed E-state index contributed by atoms with van der Waals surface area (Å²) in [5.41, 5.74) is 3.50. The molecule has 0 atom stereocenters. The second-order valence-electron chi connectivity index (χ2n) is 7.00. The van der Waals surface area contributed by atoms with Gasteiger partial charge in [-0.25, -0.2) is 0 Å². The van der Waals surface area contributed by atoms with Crippen molar-refractivity contribution in [3.63, 3.8) is 0 Å². The number of aromatic nitrogens is 1. The molecule has 3 aromatic rings. The van der Waals surface area contributed by atoms with Gasteiger partial charge < -0.3 is 10.2 Å². The monoisotopic (exact) mass is 361 g/mol. The Morgan fingerprint density at radius 2 is 1.67 bits per heavy atom. The van der Waals surface area contributed by atoms with E-state index in [1.54, 1.807) is 38.4 Å². The minimum absolute atomic E-state index is 0.0745. The summed E-state index contributed by atoms with van der Waals surface area (Å²) in [4.78, 5) is 31.1. The molecule has 1 N–H and O–H groups in total. The Hall–Kier alpha value is -3.21. The highest BCUT2D eigenvalue weighted by atomic mass is 16.2. The summed E-state index contributed by atoms with van der Waals surface area (Å²) < 4.78 is 0. The van der Waals surface area contributed by atoms with Gasteiger partial charge in [0.05, 0.1) is 11.1 Å². The van der Waals surface area contributed by atoms with E-state index < -0.39 is 0 Å². The number of anilines is 1. The molecule has 0 spiro atoms. The first kappa shape index (κ1) is 18.6. The number of benzene rings is 2. The lowest BCUT2D eigenvalue weighted by molar-refractivity contribution is 0.0827. The maximum Gasteiger partial charge on any atom is 0.256 e. The maximum atomic E-state index is 12.9. The van der Waals surface area contributed by atoms with Crippen LogP contribution in [0.5, 0.6) is 0 Å². The zero-order valence-corrected chi connectivity index (χ0v) is 16.0. The van der Waals surface area contributed by atoms with Crippen molar-refractivity contribution in [1.29, 1.82) is 0 Å². The van der Waals surface area contributed by atoms with Crippen LogP contribution in [0.15, 0.2) is 54.6 Å². The third-order valence-electron chi connectivity index (χ3n) is 4.37. The molecule has 27 heavy (non-hydrogen) atoms. The lowest BCUT2D eigenvalue weighted by Gasteiger charge is -2.13. The van der Waals surface area contributed by atoms with Gasteiger partial charge >= 0.3 is 0 Å². The van der Waals surface area contributed by atoms with Crippen molar-refractivity contribution in [2.24, 2.45) is 0 Å². The van der Waals surface area contributed by atoms with Crippen molar-refractivity contribution in [1.82, 2.24) is 9.88 Å². The molecule has 0 radical (unpaired) electrons. The first-order valence-electron chi connectivity index (χ1n) is 8.89. The fourth-order valence-electron chi connectivity index (χ4n) is 2.83. The van der Waals surface area contributed by atoms with Gasteiger partial charge in [-0.2, -0.15) is 0 Å². The Bertz CT molecular complexity index is 992. The second kappa shape index (κ2) is 7.58. The number of hydrogen-bond donors (Lipinski definition) is 1. The van der Waals surface area contributed by atoms with Crippen molar-refractivity contribution in [3.8, 4) is 0 Å². The number of carbonyl (C=O) groups excluding carboxylic acids is 2. The molecule has 0 unspecified atom stereocenters. The van der Waals surface area contributed by atoms with Gasteiger partial charge in [-0.1, -0.05) is 32.0 Å². The van der Waals surface area contributed by atoms with E-state index in [9.17, 15) is 9.59 Å². The number of para-hydroxylation sites is 1. The molecule has 0 aliphatic heterocycles. The van der Waals surface area contributed by atoms with E-state index in [-0.39, 0.29) is 17.7 Å². The Morgan fingerprint density at radius 1 is 1.00 bits per heavy atom. The molecule has 5 heteroatoms. The standard InChI is InChI=1S/C22H23N3O2/c1-14(2)20-13-18(17-7-5-6-8-19(17)24-20)21(26)23-16-11-9-15(10-12-16)22(27)25(3)4/h5-14H,1-4H3,(H,23,26). The number of nitrogens with one attached hydrogen (secondary N) is 1. The van der Waals surface area contributed by atoms with Gasteiger partial charge in [-0.15, -0.1) is 0 Å². The number of nitrogens with zero attached hydrogens (tertiary/aromatic N) is 2. The zero-order chi connectivity index (χ0) is 19.6. The Balaban J connectivity index is 1.91. The van der Waals surface area contributed by atoms with E-state index in [1.165, 1.54) is 4.90 Å². The number of hydrogen-bond acceptors (Lipinski definition) is 3. The summed E-state index contributed by atoms with van der Waals surface area (Å²) in [5.74, 6) is -0.0470. The summed E-state index contributed by atoms with van der Waals surface area (Å²) in [6.07, 6.45) is 0. The predicted octanol–water partition coefficient (Wildman–Crippen LogP) is 4.31. The molecule has 1 aromatic heterocycles. The van der Waals surface area contributed by atoms with Crippen LogP contribution in [0.4, 0.5) is 5.69 Å². The van der Waals surface area contributed by atoms with Gasteiger partial charge in [0.25, 0.3) is 11.8 Å². The molecule has 0 aliphatic rings.